The maximum atomic E-state index is 10.2. The fourth-order valence-electron chi connectivity index (χ4n) is 0.470. The van der Waals surface area contributed by atoms with Gasteiger partial charge in [-0.2, -0.15) is 20.2 Å². The summed E-state index contributed by atoms with van der Waals surface area (Å²) in [4.78, 5) is 0. The van der Waals surface area contributed by atoms with Crippen LogP contribution >= 0.6 is 11.8 Å². The van der Waals surface area contributed by atoms with E-state index in [1.54, 1.807) is 0 Å². The summed E-state index contributed by atoms with van der Waals surface area (Å²) in [5.74, 6) is 0.664. The van der Waals surface area contributed by atoms with Crippen molar-refractivity contribution in [2.45, 2.75) is 12.6 Å². The van der Waals surface area contributed by atoms with Gasteiger partial charge in [-0.1, -0.05) is 0 Å². The molecule has 0 aliphatic carbocycles. The first-order chi connectivity index (χ1) is 5.42. The number of aliphatic hydroxyl groups excluding tert-OH is 1. The number of hydrogen-bond donors (Lipinski definition) is 3. The molecule has 12 heavy (non-hydrogen) atoms. The molecule has 0 aromatic heterocycles. The number of rotatable bonds is 6. The quantitative estimate of drug-likeness (QED) is 0.307. The van der Waals surface area contributed by atoms with Crippen LogP contribution in [0.5, 0.6) is 0 Å². The van der Waals surface area contributed by atoms with Gasteiger partial charge >= 0.3 is 0 Å². The molecule has 0 aromatic rings. The monoisotopic (exact) mass is 215 g/mol. The zero-order chi connectivity index (χ0) is 9.61. The molecule has 0 bridgehead atoms. The highest BCUT2D eigenvalue weighted by Crippen LogP contribution is 2.03. The lowest BCUT2D eigenvalue weighted by molar-refractivity contribution is 0.179. The molecule has 74 valence electrons. The fraction of sp³-hybridized carbons (Fsp3) is 1.00. The smallest absolute Gasteiger partial charge is 0.265 e. The van der Waals surface area contributed by atoms with Gasteiger partial charge in [-0.25, -0.2) is 0 Å². The number of aliphatic hydroxyl groups is 1. The fourth-order valence-corrected chi connectivity index (χ4v) is 2.40. The Labute approximate surface area is 76.1 Å². The van der Waals surface area contributed by atoms with Crippen LogP contribution in [0, 0.1) is 0 Å². The Hall–Kier alpha value is 0.180. The summed E-state index contributed by atoms with van der Waals surface area (Å²) in [6.45, 7) is 0. The van der Waals surface area contributed by atoms with Crippen molar-refractivity contribution >= 4 is 21.9 Å². The highest BCUT2D eigenvalue weighted by atomic mass is 32.2. The SMILES string of the molecule is NC(O)CCSCCS(=O)(=O)O. The molecule has 0 radical (unpaired) electrons. The van der Waals surface area contributed by atoms with Gasteiger partial charge in [0, 0.05) is 5.75 Å². The average molecular weight is 215 g/mol. The standard InChI is InChI=1S/C5H13NO4S2/c6-5(7)1-2-11-3-4-12(8,9)10/h5,7H,1-4,6H2,(H,8,9,10). The molecule has 0 heterocycles. The lowest BCUT2D eigenvalue weighted by Gasteiger charge is -2.02. The van der Waals surface area contributed by atoms with Crippen LogP contribution in [-0.2, 0) is 10.1 Å². The van der Waals surface area contributed by atoms with Gasteiger partial charge < -0.3 is 10.8 Å². The second-order valence-electron chi connectivity index (χ2n) is 2.25. The van der Waals surface area contributed by atoms with Gasteiger partial charge in [-0.3, -0.25) is 4.55 Å². The van der Waals surface area contributed by atoms with E-state index in [4.69, 9.17) is 15.4 Å². The second-order valence-corrected chi connectivity index (χ2v) is 5.05. The van der Waals surface area contributed by atoms with Crippen LogP contribution in [0.15, 0.2) is 0 Å². The molecule has 0 aromatic carbocycles. The minimum absolute atomic E-state index is 0.252. The Morgan fingerprint density at radius 2 is 2.00 bits per heavy atom. The van der Waals surface area contributed by atoms with E-state index in [0.717, 1.165) is 0 Å². The Morgan fingerprint density at radius 1 is 1.42 bits per heavy atom. The Morgan fingerprint density at radius 3 is 2.42 bits per heavy atom. The van der Waals surface area contributed by atoms with Crippen molar-refractivity contribution in [3.05, 3.63) is 0 Å². The van der Waals surface area contributed by atoms with Crippen LogP contribution in [0.1, 0.15) is 6.42 Å². The van der Waals surface area contributed by atoms with Gasteiger partial charge in [0.15, 0.2) is 0 Å². The number of thioether (sulfide) groups is 1. The van der Waals surface area contributed by atoms with Gasteiger partial charge in [-0.05, 0) is 12.2 Å². The summed E-state index contributed by atoms with van der Waals surface area (Å²) < 4.78 is 28.7. The largest absolute Gasteiger partial charge is 0.379 e. The van der Waals surface area contributed by atoms with Crippen molar-refractivity contribution in [3.8, 4) is 0 Å². The lowest BCUT2D eigenvalue weighted by Crippen LogP contribution is -2.19. The van der Waals surface area contributed by atoms with Crippen molar-refractivity contribution in [1.82, 2.24) is 0 Å². The molecular formula is C5H13NO4S2. The maximum absolute atomic E-state index is 10.2. The van der Waals surface area contributed by atoms with Gasteiger partial charge in [0.25, 0.3) is 10.1 Å². The van der Waals surface area contributed by atoms with Crippen molar-refractivity contribution in [2.24, 2.45) is 5.73 Å². The van der Waals surface area contributed by atoms with Crippen LogP contribution in [-0.4, -0.2) is 41.6 Å². The zero-order valence-corrected chi connectivity index (χ0v) is 8.14. The molecule has 0 saturated carbocycles. The Bertz CT molecular complexity index is 201. The van der Waals surface area contributed by atoms with Crippen LogP contribution in [0.3, 0.4) is 0 Å². The van der Waals surface area contributed by atoms with E-state index < -0.39 is 16.3 Å². The third-order valence-electron chi connectivity index (χ3n) is 1.04. The topological polar surface area (TPSA) is 101 Å². The molecule has 4 N–H and O–H groups in total. The van der Waals surface area contributed by atoms with E-state index in [-0.39, 0.29) is 5.75 Å². The predicted octanol–water partition coefficient (Wildman–Crippen LogP) is -0.725. The summed E-state index contributed by atoms with van der Waals surface area (Å²) in [5, 5.41) is 8.61. The third-order valence-corrected chi connectivity index (χ3v) is 3.04. The van der Waals surface area contributed by atoms with E-state index in [1.165, 1.54) is 11.8 Å². The predicted molar refractivity (Wildman–Crippen MR) is 48.6 cm³/mol. The summed E-state index contributed by atoms with van der Waals surface area (Å²) >= 11 is 1.33. The summed E-state index contributed by atoms with van der Waals surface area (Å²) in [7, 11) is -3.84. The molecule has 1 atom stereocenters. The van der Waals surface area contributed by atoms with Crippen molar-refractivity contribution in [1.29, 1.82) is 0 Å². The molecule has 1 unspecified atom stereocenters. The minimum atomic E-state index is -3.84. The first kappa shape index (κ1) is 12.2. The van der Waals surface area contributed by atoms with E-state index in [9.17, 15) is 8.42 Å². The summed E-state index contributed by atoms with van der Waals surface area (Å²) in [6.07, 6.45) is -0.417. The van der Waals surface area contributed by atoms with Crippen molar-refractivity contribution in [2.75, 3.05) is 17.3 Å². The number of hydrogen-bond acceptors (Lipinski definition) is 5. The summed E-state index contributed by atoms with van der Waals surface area (Å²) in [5.41, 5.74) is 5.04. The molecule has 0 saturated heterocycles. The molecule has 7 heteroatoms. The van der Waals surface area contributed by atoms with E-state index in [0.29, 0.717) is 17.9 Å². The Balaban J connectivity index is 3.23. The molecule has 0 aliphatic heterocycles. The van der Waals surface area contributed by atoms with Crippen LogP contribution in [0.2, 0.25) is 0 Å². The highest BCUT2D eigenvalue weighted by Gasteiger charge is 2.03. The van der Waals surface area contributed by atoms with Gasteiger partial charge in [0.1, 0.15) is 6.23 Å². The first-order valence-electron chi connectivity index (χ1n) is 3.38. The second kappa shape index (κ2) is 5.76. The van der Waals surface area contributed by atoms with Gasteiger partial charge in [0.2, 0.25) is 0 Å². The van der Waals surface area contributed by atoms with Crippen LogP contribution in [0.25, 0.3) is 0 Å². The van der Waals surface area contributed by atoms with Gasteiger partial charge in [0.05, 0.1) is 5.75 Å². The molecule has 0 spiro atoms. The molecular weight excluding hydrogens is 202 g/mol. The molecule has 0 aliphatic rings. The normalized spacial score (nSPS) is 14.6. The average Bonchev–Trinajstić information content (AvgIpc) is 1.83. The highest BCUT2D eigenvalue weighted by molar-refractivity contribution is 8.00. The van der Waals surface area contributed by atoms with Crippen LogP contribution in [0.4, 0.5) is 0 Å². The molecule has 5 nitrogen and oxygen atoms in total. The van der Waals surface area contributed by atoms with E-state index >= 15 is 0 Å². The summed E-state index contributed by atoms with van der Waals surface area (Å²) in [6, 6.07) is 0. The van der Waals surface area contributed by atoms with Crippen molar-refractivity contribution < 1.29 is 18.1 Å². The van der Waals surface area contributed by atoms with E-state index in [2.05, 4.69) is 0 Å². The van der Waals surface area contributed by atoms with Crippen molar-refractivity contribution in [3.63, 3.8) is 0 Å². The minimum Gasteiger partial charge on any atom is -0.379 e. The molecule has 0 fully saturated rings. The molecule has 0 amide bonds. The lowest BCUT2D eigenvalue weighted by atomic mass is 10.4. The molecule has 0 rings (SSSR count). The Kier molecular flexibility index (Phi) is 5.85. The van der Waals surface area contributed by atoms with E-state index in [1.807, 2.05) is 0 Å². The van der Waals surface area contributed by atoms with Gasteiger partial charge in [-0.15, -0.1) is 0 Å². The van der Waals surface area contributed by atoms with Crippen LogP contribution < -0.4 is 5.73 Å². The number of nitrogens with two attached hydrogens (primary N) is 1. The zero-order valence-electron chi connectivity index (χ0n) is 6.51. The first-order valence-corrected chi connectivity index (χ1v) is 6.15. The third kappa shape index (κ3) is 10.2. The maximum Gasteiger partial charge on any atom is 0.265 e.